The summed E-state index contributed by atoms with van der Waals surface area (Å²) in [4.78, 5) is 11.8. The van der Waals surface area contributed by atoms with Crippen LogP contribution in [0.3, 0.4) is 0 Å². The number of hydrogen-bond donors (Lipinski definition) is 4. The van der Waals surface area contributed by atoms with Crippen molar-refractivity contribution in [2.45, 2.75) is 64.8 Å². The second-order valence-electron chi connectivity index (χ2n) is 5.12. The van der Waals surface area contributed by atoms with Gasteiger partial charge in [-0.15, -0.1) is 0 Å². The van der Waals surface area contributed by atoms with Gasteiger partial charge in [0.2, 0.25) is 6.29 Å². The SMILES string of the molecule is CC(C(=O)OC(O)CCCCO)=C(C)C(O)CCCCO. The van der Waals surface area contributed by atoms with Crippen LogP contribution in [0, 0.1) is 0 Å². The second kappa shape index (κ2) is 11.7. The second-order valence-corrected chi connectivity index (χ2v) is 5.12. The minimum Gasteiger partial charge on any atom is -0.433 e. The Morgan fingerprint density at radius 3 is 2.00 bits per heavy atom. The summed E-state index contributed by atoms with van der Waals surface area (Å²) in [6.07, 6.45) is 1.18. The van der Waals surface area contributed by atoms with Crippen LogP contribution in [-0.2, 0) is 9.53 Å². The van der Waals surface area contributed by atoms with Gasteiger partial charge in [-0.25, -0.2) is 4.79 Å². The van der Waals surface area contributed by atoms with E-state index in [-0.39, 0.29) is 25.2 Å². The molecule has 2 unspecified atom stereocenters. The van der Waals surface area contributed by atoms with Crippen LogP contribution in [0.5, 0.6) is 0 Å². The minimum absolute atomic E-state index is 0.0404. The van der Waals surface area contributed by atoms with Gasteiger partial charge in [0.05, 0.1) is 6.10 Å². The minimum atomic E-state index is -1.20. The molecule has 0 aromatic rings. The normalized spacial score (nSPS) is 15.3. The Kier molecular flexibility index (Phi) is 11.2. The molecule has 6 heteroatoms. The largest absolute Gasteiger partial charge is 0.433 e. The van der Waals surface area contributed by atoms with Gasteiger partial charge in [0, 0.05) is 25.2 Å². The first-order chi connectivity index (χ1) is 9.93. The Hall–Kier alpha value is -0.950. The molecule has 0 amide bonds. The monoisotopic (exact) mass is 304 g/mol. The van der Waals surface area contributed by atoms with Crippen molar-refractivity contribution in [3.63, 3.8) is 0 Å². The Morgan fingerprint density at radius 2 is 1.48 bits per heavy atom. The molecular weight excluding hydrogens is 276 g/mol. The first-order valence-corrected chi connectivity index (χ1v) is 7.40. The van der Waals surface area contributed by atoms with Crippen LogP contribution in [0.1, 0.15) is 52.4 Å². The van der Waals surface area contributed by atoms with Crippen LogP contribution in [0.2, 0.25) is 0 Å². The van der Waals surface area contributed by atoms with Crippen LogP contribution >= 0.6 is 0 Å². The summed E-state index contributed by atoms with van der Waals surface area (Å²) >= 11 is 0. The Morgan fingerprint density at radius 1 is 0.952 bits per heavy atom. The summed E-state index contributed by atoms with van der Waals surface area (Å²) < 4.78 is 4.88. The highest BCUT2D eigenvalue weighted by molar-refractivity contribution is 5.88. The quantitative estimate of drug-likeness (QED) is 0.195. The van der Waals surface area contributed by atoms with Crippen molar-refractivity contribution >= 4 is 5.97 Å². The average Bonchev–Trinajstić information content (AvgIpc) is 2.45. The lowest BCUT2D eigenvalue weighted by atomic mass is 10.0. The van der Waals surface area contributed by atoms with Gasteiger partial charge in [-0.1, -0.05) is 0 Å². The van der Waals surface area contributed by atoms with Crippen molar-refractivity contribution in [3.05, 3.63) is 11.1 Å². The molecule has 6 nitrogen and oxygen atoms in total. The highest BCUT2D eigenvalue weighted by atomic mass is 16.6. The molecule has 0 saturated heterocycles. The zero-order chi connectivity index (χ0) is 16.3. The van der Waals surface area contributed by atoms with Crippen LogP contribution in [-0.4, -0.2) is 52.0 Å². The van der Waals surface area contributed by atoms with Crippen molar-refractivity contribution in [2.75, 3.05) is 13.2 Å². The lowest BCUT2D eigenvalue weighted by molar-refractivity contribution is -0.164. The Balaban J connectivity index is 4.34. The number of carbonyl (C=O) groups excluding carboxylic acids is 1. The summed E-state index contributed by atoms with van der Waals surface area (Å²) in [5, 5.41) is 36.8. The molecule has 21 heavy (non-hydrogen) atoms. The number of hydrogen-bond acceptors (Lipinski definition) is 6. The maximum Gasteiger partial charge on any atom is 0.336 e. The van der Waals surface area contributed by atoms with Crippen LogP contribution in [0.15, 0.2) is 11.1 Å². The van der Waals surface area contributed by atoms with Gasteiger partial charge in [-0.2, -0.15) is 0 Å². The molecule has 0 aromatic carbocycles. The number of aliphatic hydroxyl groups excluding tert-OH is 4. The van der Waals surface area contributed by atoms with E-state index in [0.29, 0.717) is 37.7 Å². The van der Waals surface area contributed by atoms with E-state index in [4.69, 9.17) is 14.9 Å². The van der Waals surface area contributed by atoms with Crippen molar-refractivity contribution in [1.29, 1.82) is 0 Å². The molecule has 0 spiro atoms. The van der Waals surface area contributed by atoms with Gasteiger partial charge in [-0.3, -0.25) is 0 Å². The van der Waals surface area contributed by atoms with E-state index >= 15 is 0 Å². The van der Waals surface area contributed by atoms with Gasteiger partial charge in [0.15, 0.2) is 0 Å². The standard InChI is InChI=1S/C15H28O6/c1-11(13(18)7-3-5-9-16)12(2)15(20)21-14(19)8-4-6-10-17/h13-14,16-19H,3-10H2,1-2H3. The zero-order valence-corrected chi connectivity index (χ0v) is 12.9. The highest BCUT2D eigenvalue weighted by Crippen LogP contribution is 2.16. The molecule has 0 aliphatic carbocycles. The van der Waals surface area contributed by atoms with E-state index in [1.807, 2.05) is 0 Å². The molecule has 0 aromatic heterocycles. The molecule has 0 rings (SSSR count). The van der Waals surface area contributed by atoms with E-state index in [1.165, 1.54) is 0 Å². The van der Waals surface area contributed by atoms with E-state index in [1.54, 1.807) is 13.8 Å². The number of unbranched alkanes of at least 4 members (excludes halogenated alkanes) is 2. The molecular formula is C15H28O6. The van der Waals surface area contributed by atoms with Crippen molar-refractivity contribution < 1.29 is 30.0 Å². The zero-order valence-electron chi connectivity index (χ0n) is 12.9. The molecule has 0 fully saturated rings. The number of aliphatic hydroxyl groups is 4. The Labute approximate surface area is 126 Å². The van der Waals surface area contributed by atoms with Gasteiger partial charge >= 0.3 is 5.97 Å². The third-order valence-electron chi connectivity index (χ3n) is 3.39. The molecule has 0 bridgehead atoms. The van der Waals surface area contributed by atoms with Crippen LogP contribution in [0.4, 0.5) is 0 Å². The number of rotatable bonds is 11. The third kappa shape index (κ3) is 8.83. The molecule has 0 heterocycles. The number of esters is 1. The molecule has 0 aliphatic heterocycles. The summed E-state index contributed by atoms with van der Waals surface area (Å²) in [6.45, 7) is 3.32. The number of carbonyl (C=O) groups is 1. The van der Waals surface area contributed by atoms with E-state index in [2.05, 4.69) is 0 Å². The fraction of sp³-hybridized carbons (Fsp3) is 0.800. The summed E-state index contributed by atoms with van der Waals surface area (Å²) in [7, 11) is 0. The Bertz CT molecular complexity index is 326. The lowest BCUT2D eigenvalue weighted by Gasteiger charge is -2.16. The topological polar surface area (TPSA) is 107 Å². The average molecular weight is 304 g/mol. The van der Waals surface area contributed by atoms with Crippen molar-refractivity contribution in [1.82, 2.24) is 0 Å². The summed E-state index contributed by atoms with van der Waals surface area (Å²) in [6, 6.07) is 0. The predicted molar refractivity (Wildman–Crippen MR) is 78.4 cm³/mol. The van der Waals surface area contributed by atoms with Crippen LogP contribution < -0.4 is 0 Å². The first kappa shape index (κ1) is 20.1. The lowest BCUT2D eigenvalue weighted by Crippen LogP contribution is -2.21. The van der Waals surface area contributed by atoms with E-state index < -0.39 is 18.4 Å². The third-order valence-corrected chi connectivity index (χ3v) is 3.39. The summed E-state index contributed by atoms with van der Waals surface area (Å²) in [5.41, 5.74) is 0.799. The van der Waals surface area contributed by atoms with Crippen molar-refractivity contribution in [3.8, 4) is 0 Å². The van der Waals surface area contributed by atoms with Crippen molar-refractivity contribution in [2.24, 2.45) is 0 Å². The number of ether oxygens (including phenoxy) is 1. The molecule has 4 N–H and O–H groups in total. The smallest absolute Gasteiger partial charge is 0.336 e. The maximum absolute atomic E-state index is 11.8. The van der Waals surface area contributed by atoms with Gasteiger partial charge in [-0.05, 0) is 51.5 Å². The van der Waals surface area contributed by atoms with Crippen LogP contribution in [0.25, 0.3) is 0 Å². The molecule has 0 radical (unpaired) electrons. The van der Waals surface area contributed by atoms with E-state index in [9.17, 15) is 15.0 Å². The maximum atomic E-state index is 11.8. The molecule has 0 saturated carbocycles. The molecule has 0 aliphatic rings. The molecule has 124 valence electrons. The molecule has 2 atom stereocenters. The fourth-order valence-electron chi connectivity index (χ4n) is 1.78. The first-order valence-electron chi connectivity index (χ1n) is 7.40. The highest BCUT2D eigenvalue weighted by Gasteiger charge is 2.18. The predicted octanol–water partition coefficient (Wildman–Crippen LogP) is 0.871. The summed E-state index contributed by atoms with van der Waals surface area (Å²) in [5.74, 6) is -0.648. The fourth-order valence-corrected chi connectivity index (χ4v) is 1.78. The van der Waals surface area contributed by atoms with E-state index in [0.717, 1.165) is 0 Å². The van der Waals surface area contributed by atoms with Gasteiger partial charge in [0.1, 0.15) is 0 Å². The van der Waals surface area contributed by atoms with Gasteiger partial charge in [0.25, 0.3) is 0 Å². The van der Waals surface area contributed by atoms with Gasteiger partial charge < -0.3 is 25.2 Å².